The van der Waals surface area contributed by atoms with E-state index in [1.54, 1.807) is 0 Å². The molecule has 0 atom stereocenters. The predicted octanol–water partition coefficient (Wildman–Crippen LogP) is 0.684. The van der Waals surface area contributed by atoms with Gasteiger partial charge in [0, 0.05) is 19.6 Å². The molecule has 0 fully saturated rings. The third kappa shape index (κ3) is 38.1. The van der Waals surface area contributed by atoms with Crippen molar-refractivity contribution in [2.75, 3.05) is 145 Å². The number of hydrogen-bond acceptors (Lipinski definition) is 13. The van der Waals surface area contributed by atoms with Gasteiger partial charge in [0.1, 0.15) is 6.61 Å². The van der Waals surface area contributed by atoms with Gasteiger partial charge in [-0.05, 0) is 6.42 Å². The second-order valence-corrected chi connectivity index (χ2v) is 8.76. The average Bonchev–Trinajstić information content (AvgIpc) is 3.02. The number of rotatable bonds is 38. The Bertz CT molecular complexity index is 629. The zero-order chi connectivity index (χ0) is 32.0. The molecule has 0 rings (SSSR count). The van der Waals surface area contributed by atoms with Crippen LogP contribution in [0.25, 0.3) is 0 Å². The van der Waals surface area contributed by atoms with Crippen LogP contribution in [0.5, 0.6) is 0 Å². The maximum Gasteiger partial charge on any atom is 0.303 e. The zero-order valence-electron chi connectivity index (χ0n) is 26.2. The van der Waals surface area contributed by atoms with Gasteiger partial charge in [-0.15, -0.1) is 0 Å². The first kappa shape index (κ1) is 42.1. The molecule has 2 N–H and O–H groups in total. The lowest BCUT2D eigenvalue weighted by atomic mass is 10.3. The highest BCUT2D eigenvalue weighted by Gasteiger charge is 2.04. The van der Waals surface area contributed by atoms with Crippen molar-refractivity contribution in [2.24, 2.45) is 0 Å². The summed E-state index contributed by atoms with van der Waals surface area (Å²) in [7, 11) is 0. The fraction of sp³-hybridized carbons (Fsp3) is 0.862. The monoisotopic (exact) mass is 641 g/mol. The molecule has 0 spiro atoms. The molecule has 0 aromatic rings. The minimum Gasteiger partial charge on any atom is -0.499 e. The van der Waals surface area contributed by atoms with Crippen molar-refractivity contribution in [1.29, 1.82) is 0 Å². The molecule has 44 heavy (non-hydrogen) atoms. The number of carbonyl (C=O) groups is 2. The molecule has 0 aliphatic carbocycles. The summed E-state index contributed by atoms with van der Waals surface area (Å²) in [5.74, 6) is -1.25. The van der Waals surface area contributed by atoms with E-state index in [4.69, 9.17) is 57.2 Å². The van der Waals surface area contributed by atoms with Crippen molar-refractivity contribution >= 4 is 11.9 Å². The number of hydrogen-bond donors (Lipinski definition) is 2. The summed E-state index contributed by atoms with van der Waals surface area (Å²) in [6.07, 6.45) is 1.87. The van der Waals surface area contributed by atoms with Crippen molar-refractivity contribution in [2.45, 2.75) is 19.3 Å². The van der Waals surface area contributed by atoms with Gasteiger partial charge in [0.25, 0.3) is 0 Å². The van der Waals surface area contributed by atoms with Crippen molar-refractivity contribution < 1.29 is 66.8 Å². The largest absolute Gasteiger partial charge is 0.499 e. The maximum atomic E-state index is 11.3. The lowest BCUT2D eigenvalue weighted by Gasteiger charge is -2.09. The number of ether oxygens (including phenoxy) is 11. The summed E-state index contributed by atoms with van der Waals surface area (Å²) in [6, 6.07) is 0. The molecule has 260 valence electrons. The summed E-state index contributed by atoms with van der Waals surface area (Å²) < 4.78 is 59.1. The standard InChI is InChI=1S/C29H55NO14/c1-2-34-8-9-36-12-13-38-16-17-40-20-21-42-24-25-44-27-26-43-23-22-41-19-18-39-15-14-37-11-10-35-7-3-6-30-28(31)4-5-29(32)33/h2H,1,3-27H2,(H,30,31)(H,32,33). The van der Waals surface area contributed by atoms with Gasteiger partial charge in [-0.1, -0.05) is 6.58 Å². The van der Waals surface area contributed by atoms with Crippen LogP contribution in [0.1, 0.15) is 19.3 Å². The van der Waals surface area contributed by atoms with Crippen LogP contribution in [0.2, 0.25) is 0 Å². The first-order chi connectivity index (χ1) is 21.7. The Hall–Kier alpha value is -1.92. The summed E-state index contributed by atoms with van der Waals surface area (Å²) in [5.41, 5.74) is 0. The van der Waals surface area contributed by atoms with Crippen LogP contribution in [-0.4, -0.2) is 162 Å². The van der Waals surface area contributed by atoms with E-state index in [1.807, 2.05) is 0 Å². The van der Waals surface area contributed by atoms with E-state index in [-0.39, 0.29) is 18.7 Å². The molecular formula is C29H55NO14. The highest BCUT2D eigenvalue weighted by Crippen LogP contribution is 1.90. The molecule has 0 saturated carbocycles. The number of nitrogens with one attached hydrogen (secondary N) is 1. The summed E-state index contributed by atoms with van der Waals surface area (Å²) in [6.45, 7) is 14.2. The number of carboxylic acids is 1. The lowest BCUT2D eigenvalue weighted by Crippen LogP contribution is -2.25. The zero-order valence-corrected chi connectivity index (χ0v) is 26.2. The molecule has 0 aromatic carbocycles. The van der Waals surface area contributed by atoms with Crippen molar-refractivity contribution in [3.05, 3.63) is 12.8 Å². The molecule has 0 aromatic heterocycles. The Morgan fingerprint density at radius 3 is 1.07 bits per heavy atom. The van der Waals surface area contributed by atoms with Crippen LogP contribution in [-0.2, 0) is 61.7 Å². The Kier molecular flexibility index (Phi) is 35.6. The molecular weight excluding hydrogens is 586 g/mol. The van der Waals surface area contributed by atoms with E-state index in [1.165, 1.54) is 6.26 Å². The third-order valence-corrected chi connectivity index (χ3v) is 5.16. The van der Waals surface area contributed by atoms with Gasteiger partial charge in [-0.2, -0.15) is 0 Å². The van der Waals surface area contributed by atoms with Crippen LogP contribution in [0.4, 0.5) is 0 Å². The fourth-order valence-corrected chi connectivity index (χ4v) is 2.98. The molecule has 0 unspecified atom stereocenters. The predicted molar refractivity (Wildman–Crippen MR) is 159 cm³/mol. The molecule has 1 amide bonds. The van der Waals surface area contributed by atoms with Gasteiger partial charge in [-0.3, -0.25) is 9.59 Å². The van der Waals surface area contributed by atoms with Gasteiger partial charge in [0.15, 0.2) is 0 Å². The van der Waals surface area contributed by atoms with Gasteiger partial charge in [-0.25, -0.2) is 0 Å². The van der Waals surface area contributed by atoms with E-state index >= 15 is 0 Å². The van der Waals surface area contributed by atoms with Crippen LogP contribution in [0, 0.1) is 0 Å². The molecule has 0 aliphatic heterocycles. The van der Waals surface area contributed by atoms with Crippen molar-refractivity contribution in [3.8, 4) is 0 Å². The Morgan fingerprint density at radius 2 is 0.773 bits per heavy atom. The number of carbonyl (C=O) groups excluding carboxylic acids is 1. The molecule has 15 nitrogen and oxygen atoms in total. The molecule has 15 heteroatoms. The van der Waals surface area contributed by atoms with Gasteiger partial charge >= 0.3 is 5.97 Å². The van der Waals surface area contributed by atoms with Crippen molar-refractivity contribution in [1.82, 2.24) is 5.32 Å². The second-order valence-electron chi connectivity index (χ2n) is 8.76. The van der Waals surface area contributed by atoms with E-state index < -0.39 is 5.97 Å². The lowest BCUT2D eigenvalue weighted by molar-refractivity contribution is -0.138. The van der Waals surface area contributed by atoms with Gasteiger partial charge < -0.3 is 62.5 Å². The highest BCUT2D eigenvalue weighted by molar-refractivity contribution is 5.80. The average molecular weight is 642 g/mol. The maximum absolute atomic E-state index is 11.3. The SMILES string of the molecule is C=COCCOCCOCCOCCOCCOCCOCCOCCOCCOCCOCCCNC(=O)CCC(=O)O. The Morgan fingerprint density at radius 1 is 0.477 bits per heavy atom. The normalized spacial score (nSPS) is 11.1. The summed E-state index contributed by atoms with van der Waals surface area (Å²) in [4.78, 5) is 21.7. The topological polar surface area (TPSA) is 168 Å². The number of amides is 1. The minimum absolute atomic E-state index is 0.00990. The molecule has 0 saturated heterocycles. The summed E-state index contributed by atoms with van der Waals surface area (Å²) >= 11 is 0. The van der Waals surface area contributed by atoms with E-state index in [9.17, 15) is 9.59 Å². The molecule has 0 aliphatic rings. The smallest absolute Gasteiger partial charge is 0.303 e. The quantitative estimate of drug-likeness (QED) is 0.0713. The Balaban J connectivity index is 3.08. The van der Waals surface area contributed by atoms with Gasteiger partial charge in [0.2, 0.25) is 5.91 Å². The van der Waals surface area contributed by atoms with E-state index in [0.29, 0.717) is 152 Å². The summed E-state index contributed by atoms with van der Waals surface area (Å²) in [5, 5.41) is 11.2. The second kappa shape index (κ2) is 37.3. The van der Waals surface area contributed by atoms with Crippen LogP contribution < -0.4 is 5.32 Å². The van der Waals surface area contributed by atoms with Crippen LogP contribution in [0.3, 0.4) is 0 Å². The van der Waals surface area contributed by atoms with E-state index in [2.05, 4.69) is 11.9 Å². The number of carboxylic acid groups (broad SMARTS) is 1. The Labute approximate surface area is 261 Å². The third-order valence-electron chi connectivity index (χ3n) is 5.16. The van der Waals surface area contributed by atoms with E-state index in [0.717, 1.165) is 0 Å². The first-order valence-corrected chi connectivity index (χ1v) is 15.1. The molecule has 0 radical (unpaired) electrons. The fourth-order valence-electron chi connectivity index (χ4n) is 2.98. The van der Waals surface area contributed by atoms with Gasteiger partial charge in [0.05, 0.1) is 138 Å². The highest BCUT2D eigenvalue weighted by atomic mass is 16.6. The molecule has 0 heterocycles. The molecule has 0 bridgehead atoms. The first-order valence-electron chi connectivity index (χ1n) is 15.1. The van der Waals surface area contributed by atoms with Crippen molar-refractivity contribution in [3.63, 3.8) is 0 Å². The minimum atomic E-state index is -0.983. The van der Waals surface area contributed by atoms with Crippen LogP contribution in [0.15, 0.2) is 12.8 Å². The number of aliphatic carboxylic acids is 1. The van der Waals surface area contributed by atoms with Crippen LogP contribution >= 0.6 is 0 Å².